The van der Waals surface area contributed by atoms with Crippen LogP contribution in [0.4, 0.5) is 5.69 Å². The van der Waals surface area contributed by atoms with E-state index in [-0.39, 0.29) is 0 Å². The van der Waals surface area contributed by atoms with E-state index in [1.807, 2.05) is 6.92 Å². The van der Waals surface area contributed by atoms with Gasteiger partial charge in [-0.05, 0) is 25.8 Å². The van der Waals surface area contributed by atoms with Crippen molar-refractivity contribution in [1.82, 2.24) is 0 Å². The highest BCUT2D eigenvalue weighted by Crippen LogP contribution is 2.24. The molecular formula is C15H23NO. The Labute approximate surface area is 104 Å². The fourth-order valence-corrected chi connectivity index (χ4v) is 2.47. The predicted molar refractivity (Wildman–Crippen MR) is 72.3 cm³/mol. The van der Waals surface area contributed by atoms with Crippen LogP contribution in [0.2, 0.25) is 0 Å². The topological polar surface area (TPSA) is 21.3 Å². The van der Waals surface area contributed by atoms with Crippen LogP contribution < -0.4 is 5.32 Å². The van der Waals surface area contributed by atoms with Crippen molar-refractivity contribution in [2.24, 2.45) is 0 Å². The Kier molecular flexibility index (Phi) is 4.87. The van der Waals surface area contributed by atoms with Crippen molar-refractivity contribution >= 4 is 5.69 Å². The lowest BCUT2D eigenvalue weighted by molar-refractivity contribution is 0.134. The van der Waals surface area contributed by atoms with Crippen LogP contribution in [-0.4, -0.2) is 12.6 Å². The first-order valence-electron chi connectivity index (χ1n) is 6.82. The maximum atomic E-state index is 5.51. The fraction of sp³-hybridized carbons (Fsp3) is 0.600. The Hall–Kier alpha value is -1.02. The standard InChI is InChI=1S/C15H23NO/c1-2-17-12-13-8-6-7-11-15(13)16-14-9-4-3-5-10-14/h6-8,11,14,16H,2-5,9-10,12H2,1H3. The highest BCUT2D eigenvalue weighted by Gasteiger charge is 2.14. The van der Waals surface area contributed by atoms with E-state index in [9.17, 15) is 0 Å². The minimum atomic E-state index is 0.659. The zero-order valence-corrected chi connectivity index (χ0v) is 10.7. The van der Waals surface area contributed by atoms with Gasteiger partial charge in [0.15, 0.2) is 0 Å². The molecule has 0 spiro atoms. The minimum Gasteiger partial charge on any atom is -0.382 e. The molecule has 1 saturated carbocycles. The summed E-state index contributed by atoms with van der Waals surface area (Å²) in [5, 5.41) is 3.68. The van der Waals surface area contributed by atoms with Crippen LogP contribution in [0.5, 0.6) is 0 Å². The maximum Gasteiger partial charge on any atom is 0.0736 e. The van der Waals surface area contributed by atoms with E-state index in [0.717, 1.165) is 6.61 Å². The Morgan fingerprint density at radius 1 is 1.18 bits per heavy atom. The molecule has 1 aromatic rings. The van der Waals surface area contributed by atoms with Crippen molar-refractivity contribution in [2.75, 3.05) is 11.9 Å². The first-order valence-corrected chi connectivity index (χ1v) is 6.82. The molecule has 0 amide bonds. The van der Waals surface area contributed by atoms with Gasteiger partial charge in [0.2, 0.25) is 0 Å². The van der Waals surface area contributed by atoms with Crippen LogP contribution in [0.15, 0.2) is 24.3 Å². The Balaban J connectivity index is 1.98. The van der Waals surface area contributed by atoms with Crippen LogP contribution in [0.1, 0.15) is 44.6 Å². The summed E-state index contributed by atoms with van der Waals surface area (Å²) in [5.41, 5.74) is 2.53. The van der Waals surface area contributed by atoms with Crippen molar-refractivity contribution in [2.45, 2.75) is 51.7 Å². The van der Waals surface area contributed by atoms with Gasteiger partial charge in [-0.3, -0.25) is 0 Å². The molecule has 94 valence electrons. The van der Waals surface area contributed by atoms with Gasteiger partial charge < -0.3 is 10.1 Å². The van der Waals surface area contributed by atoms with Gasteiger partial charge in [0.05, 0.1) is 6.61 Å². The monoisotopic (exact) mass is 233 g/mol. The predicted octanol–water partition coefficient (Wildman–Crippen LogP) is 3.97. The summed E-state index contributed by atoms with van der Waals surface area (Å²) < 4.78 is 5.51. The second kappa shape index (κ2) is 6.65. The molecule has 0 saturated heterocycles. The molecule has 1 aliphatic carbocycles. The highest BCUT2D eigenvalue weighted by atomic mass is 16.5. The van der Waals surface area contributed by atoms with Gasteiger partial charge in [0.1, 0.15) is 0 Å². The lowest BCUT2D eigenvalue weighted by Gasteiger charge is -2.25. The molecule has 1 N–H and O–H groups in total. The molecule has 0 aliphatic heterocycles. The average Bonchev–Trinajstić information content (AvgIpc) is 2.39. The zero-order chi connectivity index (χ0) is 11.9. The third-order valence-electron chi connectivity index (χ3n) is 3.44. The summed E-state index contributed by atoms with van der Waals surface area (Å²) in [6.45, 7) is 3.53. The Morgan fingerprint density at radius 3 is 2.71 bits per heavy atom. The second-order valence-electron chi connectivity index (χ2n) is 4.77. The average molecular weight is 233 g/mol. The molecule has 2 heteroatoms. The van der Waals surface area contributed by atoms with Crippen LogP contribution in [0.3, 0.4) is 0 Å². The van der Waals surface area contributed by atoms with Gasteiger partial charge >= 0.3 is 0 Å². The minimum absolute atomic E-state index is 0.659. The van der Waals surface area contributed by atoms with Crippen LogP contribution in [-0.2, 0) is 11.3 Å². The van der Waals surface area contributed by atoms with E-state index in [1.165, 1.54) is 43.4 Å². The summed E-state index contributed by atoms with van der Waals surface area (Å²) in [7, 11) is 0. The van der Waals surface area contributed by atoms with Crippen LogP contribution >= 0.6 is 0 Å². The first-order chi connectivity index (χ1) is 8.40. The van der Waals surface area contributed by atoms with E-state index in [1.54, 1.807) is 0 Å². The largest absolute Gasteiger partial charge is 0.382 e. The van der Waals surface area contributed by atoms with Gasteiger partial charge in [0.25, 0.3) is 0 Å². The van der Waals surface area contributed by atoms with Gasteiger partial charge in [-0.25, -0.2) is 0 Å². The molecule has 1 aliphatic rings. The number of anilines is 1. The molecule has 2 rings (SSSR count). The molecule has 2 nitrogen and oxygen atoms in total. The maximum absolute atomic E-state index is 5.51. The molecule has 0 atom stereocenters. The lowest BCUT2D eigenvalue weighted by atomic mass is 9.95. The van der Waals surface area contributed by atoms with E-state index >= 15 is 0 Å². The van der Waals surface area contributed by atoms with Gasteiger partial charge in [0, 0.05) is 23.9 Å². The number of ether oxygens (including phenoxy) is 1. The quantitative estimate of drug-likeness (QED) is 0.831. The number of benzene rings is 1. The second-order valence-corrected chi connectivity index (χ2v) is 4.77. The molecule has 17 heavy (non-hydrogen) atoms. The summed E-state index contributed by atoms with van der Waals surface area (Å²) in [5.74, 6) is 0. The van der Waals surface area contributed by atoms with E-state index in [4.69, 9.17) is 4.74 Å². The van der Waals surface area contributed by atoms with Gasteiger partial charge in [-0.2, -0.15) is 0 Å². The summed E-state index contributed by atoms with van der Waals surface area (Å²) in [4.78, 5) is 0. The third-order valence-corrected chi connectivity index (χ3v) is 3.44. The Morgan fingerprint density at radius 2 is 1.94 bits per heavy atom. The van der Waals surface area contributed by atoms with Crippen molar-refractivity contribution in [3.8, 4) is 0 Å². The van der Waals surface area contributed by atoms with Crippen molar-refractivity contribution in [3.05, 3.63) is 29.8 Å². The van der Waals surface area contributed by atoms with Crippen molar-refractivity contribution < 1.29 is 4.74 Å². The molecule has 0 aromatic heterocycles. The molecule has 1 aromatic carbocycles. The SMILES string of the molecule is CCOCc1ccccc1NC1CCCCC1. The highest BCUT2D eigenvalue weighted by molar-refractivity contribution is 5.51. The third kappa shape index (κ3) is 3.74. The number of para-hydroxylation sites is 1. The molecule has 0 bridgehead atoms. The van der Waals surface area contributed by atoms with E-state index < -0.39 is 0 Å². The molecule has 0 radical (unpaired) electrons. The Bertz CT molecular complexity index is 331. The van der Waals surface area contributed by atoms with Gasteiger partial charge in [-0.1, -0.05) is 37.5 Å². The molecule has 0 unspecified atom stereocenters. The summed E-state index contributed by atoms with van der Waals surface area (Å²) >= 11 is 0. The van der Waals surface area contributed by atoms with E-state index in [2.05, 4.69) is 29.6 Å². The zero-order valence-electron chi connectivity index (χ0n) is 10.7. The summed E-state index contributed by atoms with van der Waals surface area (Å²) in [6.07, 6.45) is 6.75. The molecule has 0 heterocycles. The van der Waals surface area contributed by atoms with E-state index in [0.29, 0.717) is 12.6 Å². The van der Waals surface area contributed by atoms with Crippen LogP contribution in [0, 0.1) is 0 Å². The molecular weight excluding hydrogens is 210 g/mol. The van der Waals surface area contributed by atoms with Gasteiger partial charge in [-0.15, -0.1) is 0 Å². The fourth-order valence-electron chi connectivity index (χ4n) is 2.47. The van der Waals surface area contributed by atoms with Crippen molar-refractivity contribution in [1.29, 1.82) is 0 Å². The number of rotatable bonds is 5. The smallest absolute Gasteiger partial charge is 0.0736 e. The van der Waals surface area contributed by atoms with Crippen LogP contribution in [0.25, 0.3) is 0 Å². The number of hydrogen-bond donors (Lipinski definition) is 1. The number of nitrogens with one attached hydrogen (secondary N) is 1. The number of hydrogen-bond acceptors (Lipinski definition) is 2. The lowest BCUT2D eigenvalue weighted by Crippen LogP contribution is -2.22. The van der Waals surface area contributed by atoms with Crippen molar-refractivity contribution in [3.63, 3.8) is 0 Å². The summed E-state index contributed by atoms with van der Waals surface area (Å²) in [6, 6.07) is 9.16. The molecule has 1 fully saturated rings. The first kappa shape index (κ1) is 12.4. The normalized spacial score (nSPS) is 17.0.